The van der Waals surface area contributed by atoms with Gasteiger partial charge in [0.25, 0.3) is 0 Å². The van der Waals surface area contributed by atoms with Crippen molar-refractivity contribution in [3.63, 3.8) is 0 Å². The Bertz CT molecular complexity index is 159. The van der Waals surface area contributed by atoms with E-state index in [2.05, 4.69) is 10.5 Å². The second-order valence-corrected chi connectivity index (χ2v) is 3.20. The summed E-state index contributed by atoms with van der Waals surface area (Å²) in [5.41, 5.74) is 1.84. The molecule has 0 spiro atoms. The van der Waals surface area contributed by atoms with E-state index in [0.717, 1.165) is 0 Å². The molecule has 3 heteroatoms. The van der Waals surface area contributed by atoms with E-state index in [1.165, 1.54) is 19.1 Å². The molecule has 0 atom stereocenters. The Balaban J connectivity index is 1.71. The lowest BCUT2D eigenvalue weighted by atomic mass is 10.4. The monoisotopic (exact) mass is 142 g/mol. The van der Waals surface area contributed by atoms with E-state index in [1.807, 2.05) is 0 Å². The third-order valence-electron chi connectivity index (χ3n) is 1.86. The molecule has 2 rings (SSSR count). The second kappa shape index (κ2) is 1.94. The summed E-state index contributed by atoms with van der Waals surface area (Å²) in [5, 5.41) is 3.82. The average molecular weight is 142 g/mol. The van der Waals surface area contributed by atoms with Crippen molar-refractivity contribution in [1.82, 2.24) is 5.43 Å². The quantitative estimate of drug-likeness (QED) is 0.465. The molecular weight excluding hydrogens is 131 g/mol. The average Bonchev–Trinajstić information content (AvgIpc) is 2.70. The lowest BCUT2D eigenvalue weighted by molar-refractivity contribution is 0.411. The fourth-order valence-corrected chi connectivity index (χ4v) is 0.719. The molecule has 0 aromatic heterocycles. The zero-order valence-electron chi connectivity index (χ0n) is 5.81. The maximum absolute atomic E-state index is 12.8. The summed E-state index contributed by atoms with van der Waals surface area (Å²) in [6.07, 6.45) is 5.10. The van der Waals surface area contributed by atoms with Gasteiger partial charge in [0.1, 0.15) is 5.67 Å². The van der Waals surface area contributed by atoms with Crippen LogP contribution in [-0.2, 0) is 0 Å². The number of rotatable bonds is 3. The lowest BCUT2D eigenvalue weighted by Crippen LogP contribution is -2.11. The van der Waals surface area contributed by atoms with Crippen molar-refractivity contribution in [3.05, 3.63) is 0 Å². The molecule has 0 amide bonds. The van der Waals surface area contributed by atoms with Gasteiger partial charge in [-0.05, 0) is 25.7 Å². The fraction of sp³-hybridized carbons (Fsp3) is 0.857. The number of hydrogen-bond donors (Lipinski definition) is 1. The van der Waals surface area contributed by atoms with Crippen LogP contribution in [0.15, 0.2) is 5.10 Å². The summed E-state index contributed by atoms with van der Waals surface area (Å²) in [7, 11) is 0. The Kier molecular flexibility index (Phi) is 1.19. The van der Waals surface area contributed by atoms with Gasteiger partial charge in [0.2, 0.25) is 0 Å². The molecule has 0 radical (unpaired) electrons. The Hall–Kier alpha value is -0.600. The van der Waals surface area contributed by atoms with Crippen molar-refractivity contribution < 1.29 is 4.39 Å². The largest absolute Gasteiger partial charge is 0.307 e. The standard InChI is InChI=1S/C7H11FN2/c8-7(3-4-7)5-9-10-6-1-2-6/h5-6,10H,1-4H2/b9-5+. The van der Waals surface area contributed by atoms with Crippen LogP contribution < -0.4 is 5.43 Å². The molecule has 2 fully saturated rings. The van der Waals surface area contributed by atoms with E-state index in [1.54, 1.807) is 0 Å². The van der Waals surface area contributed by atoms with E-state index < -0.39 is 5.67 Å². The number of hydrogen-bond acceptors (Lipinski definition) is 2. The predicted octanol–water partition coefficient (Wildman–Crippen LogP) is 1.23. The molecule has 2 aliphatic rings. The number of nitrogens with zero attached hydrogens (tertiary/aromatic N) is 1. The van der Waals surface area contributed by atoms with E-state index in [-0.39, 0.29) is 0 Å². The minimum Gasteiger partial charge on any atom is -0.307 e. The topological polar surface area (TPSA) is 24.4 Å². The van der Waals surface area contributed by atoms with Crippen molar-refractivity contribution in [2.24, 2.45) is 5.10 Å². The van der Waals surface area contributed by atoms with E-state index in [9.17, 15) is 4.39 Å². The van der Waals surface area contributed by atoms with E-state index in [0.29, 0.717) is 18.9 Å². The summed E-state index contributed by atoms with van der Waals surface area (Å²) in [6.45, 7) is 0. The zero-order valence-corrected chi connectivity index (χ0v) is 5.81. The predicted molar refractivity (Wildman–Crippen MR) is 37.7 cm³/mol. The van der Waals surface area contributed by atoms with Crippen molar-refractivity contribution in [3.8, 4) is 0 Å². The van der Waals surface area contributed by atoms with E-state index >= 15 is 0 Å². The van der Waals surface area contributed by atoms with Crippen LogP contribution in [0.2, 0.25) is 0 Å². The number of nitrogens with one attached hydrogen (secondary N) is 1. The van der Waals surface area contributed by atoms with Crippen LogP contribution in [0.25, 0.3) is 0 Å². The Morgan fingerprint density at radius 3 is 2.70 bits per heavy atom. The van der Waals surface area contributed by atoms with Gasteiger partial charge in [-0.2, -0.15) is 5.10 Å². The molecule has 0 aliphatic heterocycles. The third-order valence-corrected chi connectivity index (χ3v) is 1.86. The third kappa shape index (κ3) is 1.46. The molecule has 0 bridgehead atoms. The van der Waals surface area contributed by atoms with Crippen LogP contribution in [0.1, 0.15) is 25.7 Å². The van der Waals surface area contributed by atoms with Crippen LogP contribution >= 0.6 is 0 Å². The Morgan fingerprint density at radius 2 is 2.20 bits per heavy atom. The molecule has 56 valence electrons. The molecule has 10 heavy (non-hydrogen) atoms. The van der Waals surface area contributed by atoms with Gasteiger partial charge < -0.3 is 5.43 Å². The van der Waals surface area contributed by atoms with Gasteiger partial charge in [0, 0.05) is 6.04 Å². The van der Waals surface area contributed by atoms with Crippen molar-refractivity contribution >= 4 is 6.21 Å². The first kappa shape index (κ1) is 6.13. The first-order valence-electron chi connectivity index (χ1n) is 3.77. The Labute approximate surface area is 59.5 Å². The van der Waals surface area contributed by atoms with Gasteiger partial charge >= 0.3 is 0 Å². The first-order chi connectivity index (χ1) is 4.79. The minimum absolute atomic E-state index is 0.540. The van der Waals surface area contributed by atoms with Crippen LogP contribution in [0, 0.1) is 0 Å². The normalized spacial score (nSPS) is 28.9. The maximum atomic E-state index is 12.8. The van der Waals surface area contributed by atoms with Crippen LogP contribution in [0.3, 0.4) is 0 Å². The summed E-state index contributed by atoms with van der Waals surface area (Å²) < 4.78 is 12.8. The van der Waals surface area contributed by atoms with Gasteiger partial charge in [-0.3, -0.25) is 0 Å². The van der Waals surface area contributed by atoms with Gasteiger partial charge in [-0.25, -0.2) is 4.39 Å². The van der Waals surface area contributed by atoms with Crippen LogP contribution in [0.5, 0.6) is 0 Å². The molecule has 0 aromatic carbocycles. The number of alkyl halides is 1. The molecule has 0 unspecified atom stereocenters. The summed E-state index contributed by atoms with van der Waals surface area (Å²) in [4.78, 5) is 0. The van der Waals surface area contributed by atoms with Gasteiger partial charge in [0.05, 0.1) is 6.21 Å². The highest BCUT2D eigenvalue weighted by Crippen LogP contribution is 2.37. The summed E-state index contributed by atoms with van der Waals surface area (Å²) in [6, 6.07) is 0.540. The van der Waals surface area contributed by atoms with Gasteiger partial charge in [-0.1, -0.05) is 0 Å². The lowest BCUT2D eigenvalue weighted by Gasteiger charge is -1.95. The Morgan fingerprint density at radius 1 is 1.50 bits per heavy atom. The zero-order chi connectivity index (χ0) is 7.03. The molecule has 2 saturated carbocycles. The summed E-state index contributed by atoms with van der Waals surface area (Å²) in [5.74, 6) is 0. The van der Waals surface area contributed by atoms with Crippen LogP contribution in [0.4, 0.5) is 4.39 Å². The fourth-order valence-electron chi connectivity index (χ4n) is 0.719. The SMILES string of the molecule is FC1(/C=N/NC2CC2)CC1. The molecule has 2 aliphatic carbocycles. The number of halogens is 1. The van der Waals surface area contributed by atoms with Crippen molar-refractivity contribution in [2.75, 3.05) is 0 Å². The highest BCUT2D eigenvalue weighted by molar-refractivity contribution is 5.72. The summed E-state index contributed by atoms with van der Waals surface area (Å²) >= 11 is 0. The van der Waals surface area contributed by atoms with Crippen molar-refractivity contribution in [1.29, 1.82) is 0 Å². The molecule has 1 N–H and O–H groups in total. The maximum Gasteiger partial charge on any atom is 0.147 e. The molecular formula is C7H11FN2. The minimum atomic E-state index is -1.04. The van der Waals surface area contributed by atoms with Crippen molar-refractivity contribution in [2.45, 2.75) is 37.4 Å². The molecule has 0 aromatic rings. The van der Waals surface area contributed by atoms with Gasteiger partial charge in [-0.15, -0.1) is 0 Å². The highest BCUT2D eigenvalue weighted by Gasteiger charge is 2.41. The molecule has 2 nitrogen and oxygen atoms in total. The first-order valence-corrected chi connectivity index (χ1v) is 3.77. The highest BCUT2D eigenvalue weighted by atomic mass is 19.1. The smallest absolute Gasteiger partial charge is 0.147 e. The van der Waals surface area contributed by atoms with Crippen LogP contribution in [-0.4, -0.2) is 17.9 Å². The molecule has 0 heterocycles. The van der Waals surface area contributed by atoms with E-state index in [4.69, 9.17) is 0 Å². The number of hydrazone groups is 1. The second-order valence-electron chi connectivity index (χ2n) is 3.20. The molecule has 0 saturated heterocycles. The van der Waals surface area contributed by atoms with Gasteiger partial charge in [0.15, 0.2) is 0 Å².